The number of rotatable bonds is 4. The highest BCUT2D eigenvalue weighted by Crippen LogP contribution is 2.09. The van der Waals surface area contributed by atoms with E-state index in [1.165, 1.54) is 0 Å². The van der Waals surface area contributed by atoms with Gasteiger partial charge in [0.2, 0.25) is 0 Å². The number of aromatic nitrogens is 2. The normalized spacial score (nSPS) is 10.5. The molecule has 0 spiro atoms. The van der Waals surface area contributed by atoms with Gasteiger partial charge in [-0.05, 0) is 31.5 Å². The van der Waals surface area contributed by atoms with Gasteiger partial charge >= 0.3 is 0 Å². The average Bonchev–Trinajstić information content (AvgIpc) is 2.75. The number of carbonyl (C=O) groups is 1. The minimum atomic E-state index is -0.102. The summed E-state index contributed by atoms with van der Waals surface area (Å²) in [6.07, 6.45) is 0. The van der Waals surface area contributed by atoms with E-state index in [0.29, 0.717) is 18.7 Å². The van der Waals surface area contributed by atoms with E-state index >= 15 is 0 Å². The van der Waals surface area contributed by atoms with Gasteiger partial charge in [0.25, 0.3) is 5.91 Å². The van der Waals surface area contributed by atoms with E-state index < -0.39 is 0 Å². The Morgan fingerprint density at radius 2 is 2.21 bits per heavy atom. The van der Waals surface area contributed by atoms with E-state index in [2.05, 4.69) is 15.5 Å². The zero-order valence-corrected chi connectivity index (χ0v) is 11.2. The molecule has 19 heavy (non-hydrogen) atoms. The minimum Gasteiger partial charge on any atom is -0.348 e. The van der Waals surface area contributed by atoms with E-state index in [9.17, 15) is 4.79 Å². The number of aromatic amines is 1. The molecule has 5 nitrogen and oxygen atoms in total. The molecule has 0 saturated carbocycles. The molecule has 0 bridgehead atoms. The Labute approximate surface area is 112 Å². The lowest BCUT2D eigenvalue weighted by atomic mass is 10.1. The second kappa shape index (κ2) is 5.67. The lowest BCUT2D eigenvalue weighted by Gasteiger charge is -2.06. The minimum absolute atomic E-state index is 0.102. The van der Waals surface area contributed by atoms with Crippen molar-refractivity contribution in [2.45, 2.75) is 26.9 Å². The van der Waals surface area contributed by atoms with Crippen LogP contribution < -0.4 is 11.1 Å². The summed E-state index contributed by atoms with van der Waals surface area (Å²) < 4.78 is 0. The van der Waals surface area contributed by atoms with Crippen LogP contribution in [0.1, 0.15) is 32.9 Å². The van der Waals surface area contributed by atoms with Gasteiger partial charge in [0.05, 0.1) is 5.69 Å². The number of nitrogens with one attached hydrogen (secondary N) is 2. The molecule has 0 unspecified atom stereocenters. The zero-order chi connectivity index (χ0) is 13.8. The molecule has 1 aromatic heterocycles. The fourth-order valence-corrected chi connectivity index (χ4v) is 1.94. The Hall–Kier alpha value is -2.14. The van der Waals surface area contributed by atoms with Gasteiger partial charge in [0.1, 0.15) is 0 Å². The molecule has 0 atom stereocenters. The number of hydrogen-bond donors (Lipinski definition) is 3. The number of nitrogens with zero attached hydrogens (tertiary/aromatic N) is 1. The van der Waals surface area contributed by atoms with E-state index in [4.69, 9.17) is 5.73 Å². The van der Waals surface area contributed by atoms with Gasteiger partial charge < -0.3 is 11.1 Å². The van der Waals surface area contributed by atoms with Crippen LogP contribution >= 0.6 is 0 Å². The zero-order valence-electron chi connectivity index (χ0n) is 11.2. The maximum atomic E-state index is 12.0. The van der Waals surface area contributed by atoms with E-state index in [1.54, 1.807) is 6.07 Å². The van der Waals surface area contributed by atoms with Gasteiger partial charge in [-0.1, -0.05) is 12.1 Å². The van der Waals surface area contributed by atoms with Crippen LogP contribution in [0, 0.1) is 13.8 Å². The summed E-state index contributed by atoms with van der Waals surface area (Å²) in [5.74, 6) is -0.102. The average molecular weight is 258 g/mol. The molecule has 1 heterocycles. The molecule has 5 heteroatoms. The highest BCUT2D eigenvalue weighted by molar-refractivity contribution is 5.94. The maximum absolute atomic E-state index is 12.0. The lowest BCUT2D eigenvalue weighted by Crippen LogP contribution is -2.23. The third kappa shape index (κ3) is 3.00. The van der Waals surface area contributed by atoms with Crippen LogP contribution in [-0.4, -0.2) is 16.1 Å². The highest BCUT2D eigenvalue weighted by atomic mass is 16.1. The number of hydrogen-bond acceptors (Lipinski definition) is 3. The largest absolute Gasteiger partial charge is 0.348 e. The quantitative estimate of drug-likeness (QED) is 0.775. The molecule has 1 amide bonds. The predicted molar refractivity (Wildman–Crippen MR) is 73.6 cm³/mol. The Bertz CT molecular complexity index is 569. The van der Waals surface area contributed by atoms with E-state index in [1.807, 2.05) is 32.0 Å². The summed E-state index contributed by atoms with van der Waals surface area (Å²) in [6, 6.07) is 7.33. The Morgan fingerprint density at radius 1 is 1.42 bits per heavy atom. The van der Waals surface area contributed by atoms with Crippen LogP contribution in [0.4, 0.5) is 0 Å². The second-order valence-corrected chi connectivity index (χ2v) is 4.50. The monoisotopic (exact) mass is 258 g/mol. The van der Waals surface area contributed by atoms with Crippen LogP contribution in [-0.2, 0) is 13.1 Å². The third-order valence-electron chi connectivity index (χ3n) is 3.13. The Balaban J connectivity index is 2.05. The Morgan fingerprint density at radius 3 is 2.84 bits per heavy atom. The SMILES string of the molecule is Cc1n[nH]c(C)c1CNC(=O)c1cccc(CN)c1. The molecule has 0 saturated heterocycles. The van der Waals surface area contributed by atoms with Crippen LogP contribution in [0.25, 0.3) is 0 Å². The molecule has 2 rings (SSSR count). The number of carbonyl (C=O) groups excluding carboxylic acids is 1. The molecule has 0 aliphatic carbocycles. The summed E-state index contributed by atoms with van der Waals surface area (Å²) in [6.45, 7) is 4.76. The molecule has 4 N–H and O–H groups in total. The van der Waals surface area contributed by atoms with Gasteiger partial charge in [-0.25, -0.2) is 0 Å². The highest BCUT2D eigenvalue weighted by Gasteiger charge is 2.09. The molecule has 0 aliphatic rings. The number of aryl methyl sites for hydroxylation is 2. The van der Waals surface area contributed by atoms with Crippen LogP contribution in [0.2, 0.25) is 0 Å². The van der Waals surface area contributed by atoms with Gasteiger partial charge in [0, 0.05) is 29.9 Å². The predicted octanol–water partition coefficient (Wildman–Crippen LogP) is 1.42. The van der Waals surface area contributed by atoms with Crippen molar-refractivity contribution < 1.29 is 4.79 Å². The van der Waals surface area contributed by atoms with Crippen molar-refractivity contribution in [1.29, 1.82) is 0 Å². The number of nitrogens with two attached hydrogens (primary N) is 1. The second-order valence-electron chi connectivity index (χ2n) is 4.50. The van der Waals surface area contributed by atoms with Crippen molar-refractivity contribution >= 4 is 5.91 Å². The molecule has 0 radical (unpaired) electrons. The summed E-state index contributed by atoms with van der Waals surface area (Å²) >= 11 is 0. The molecule has 0 fully saturated rings. The topological polar surface area (TPSA) is 83.8 Å². The van der Waals surface area contributed by atoms with Gasteiger partial charge in [0.15, 0.2) is 0 Å². The van der Waals surface area contributed by atoms with E-state index in [-0.39, 0.29) is 5.91 Å². The summed E-state index contributed by atoms with van der Waals surface area (Å²) in [5.41, 5.74) is 10.1. The number of H-pyrrole nitrogens is 1. The molecule has 100 valence electrons. The van der Waals surface area contributed by atoms with Crippen molar-refractivity contribution in [3.63, 3.8) is 0 Å². The number of amides is 1. The molecule has 1 aromatic carbocycles. The fourth-order valence-electron chi connectivity index (χ4n) is 1.94. The van der Waals surface area contributed by atoms with Crippen molar-refractivity contribution in [3.8, 4) is 0 Å². The van der Waals surface area contributed by atoms with Crippen molar-refractivity contribution in [2.24, 2.45) is 5.73 Å². The van der Waals surface area contributed by atoms with Gasteiger partial charge in [-0.3, -0.25) is 9.89 Å². The fraction of sp³-hybridized carbons (Fsp3) is 0.286. The van der Waals surface area contributed by atoms with Crippen LogP contribution in [0.3, 0.4) is 0 Å². The van der Waals surface area contributed by atoms with Crippen molar-refractivity contribution in [1.82, 2.24) is 15.5 Å². The van der Waals surface area contributed by atoms with Crippen LogP contribution in [0.5, 0.6) is 0 Å². The first kappa shape index (κ1) is 13.3. The van der Waals surface area contributed by atoms with E-state index in [0.717, 1.165) is 22.5 Å². The molecule has 2 aromatic rings. The molecular formula is C14H18N4O. The first-order valence-corrected chi connectivity index (χ1v) is 6.19. The van der Waals surface area contributed by atoms with Gasteiger partial charge in [-0.2, -0.15) is 5.10 Å². The van der Waals surface area contributed by atoms with Gasteiger partial charge in [-0.15, -0.1) is 0 Å². The standard InChI is InChI=1S/C14H18N4O/c1-9-13(10(2)18-17-9)8-16-14(19)12-5-3-4-11(6-12)7-15/h3-6H,7-8,15H2,1-2H3,(H,16,19)(H,17,18). The smallest absolute Gasteiger partial charge is 0.251 e. The molecule has 0 aliphatic heterocycles. The number of benzene rings is 1. The first-order valence-electron chi connectivity index (χ1n) is 6.19. The summed E-state index contributed by atoms with van der Waals surface area (Å²) in [5, 5.41) is 9.90. The molecular weight excluding hydrogens is 240 g/mol. The summed E-state index contributed by atoms with van der Waals surface area (Å²) in [4.78, 5) is 12.0. The Kier molecular flexibility index (Phi) is 3.97. The third-order valence-corrected chi connectivity index (χ3v) is 3.13. The van der Waals surface area contributed by atoms with Crippen LogP contribution in [0.15, 0.2) is 24.3 Å². The maximum Gasteiger partial charge on any atom is 0.251 e. The van der Waals surface area contributed by atoms with Crippen molar-refractivity contribution in [2.75, 3.05) is 0 Å². The van der Waals surface area contributed by atoms with Crippen molar-refractivity contribution in [3.05, 3.63) is 52.3 Å². The lowest BCUT2D eigenvalue weighted by molar-refractivity contribution is 0.0951. The first-order chi connectivity index (χ1) is 9.11. The summed E-state index contributed by atoms with van der Waals surface area (Å²) in [7, 11) is 0.